The van der Waals surface area contributed by atoms with E-state index in [2.05, 4.69) is 24.2 Å². The van der Waals surface area contributed by atoms with E-state index < -0.39 is 11.9 Å². The van der Waals surface area contributed by atoms with Gasteiger partial charge in [-0.2, -0.15) is 0 Å². The standard InChI is InChI=1S/C15H27N3O3/c1-15(5-8-17(2)9-6-15)11-16-14(21)18-7-3-4-12(10-18)13(19)20/h12H,3-11H2,1-2H3,(H,16,21)(H,19,20)/t12-/m0/s1. The zero-order chi connectivity index (χ0) is 15.5. The Balaban J connectivity index is 1.80. The molecule has 6 heteroatoms. The molecule has 2 fully saturated rings. The number of nitrogens with zero attached hydrogens (tertiary/aromatic N) is 2. The van der Waals surface area contributed by atoms with E-state index in [0.717, 1.165) is 32.4 Å². The summed E-state index contributed by atoms with van der Waals surface area (Å²) in [6, 6.07) is -0.110. The number of nitrogens with one attached hydrogen (secondary N) is 1. The van der Waals surface area contributed by atoms with Crippen LogP contribution in [0.15, 0.2) is 0 Å². The lowest BCUT2D eigenvalue weighted by Crippen LogP contribution is -2.50. The van der Waals surface area contributed by atoms with Crippen LogP contribution >= 0.6 is 0 Å². The fourth-order valence-corrected chi connectivity index (χ4v) is 3.10. The first-order chi connectivity index (χ1) is 9.89. The number of hydrogen-bond acceptors (Lipinski definition) is 3. The third-order valence-corrected chi connectivity index (χ3v) is 4.92. The largest absolute Gasteiger partial charge is 0.481 e. The van der Waals surface area contributed by atoms with Crippen LogP contribution in [0.3, 0.4) is 0 Å². The van der Waals surface area contributed by atoms with Gasteiger partial charge >= 0.3 is 12.0 Å². The van der Waals surface area contributed by atoms with Gasteiger partial charge in [-0.1, -0.05) is 6.92 Å². The van der Waals surface area contributed by atoms with Crippen molar-refractivity contribution in [3.63, 3.8) is 0 Å². The lowest BCUT2D eigenvalue weighted by molar-refractivity contribution is -0.143. The number of amides is 2. The summed E-state index contributed by atoms with van der Waals surface area (Å²) in [5, 5.41) is 12.1. The second-order valence-electron chi connectivity index (χ2n) is 6.90. The minimum atomic E-state index is -0.797. The van der Waals surface area contributed by atoms with Crippen LogP contribution in [0.2, 0.25) is 0 Å². The maximum atomic E-state index is 12.2. The number of carbonyl (C=O) groups is 2. The molecule has 2 amide bonds. The normalized spacial score (nSPS) is 26.4. The molecular formula is C15H27N3O3. The highest BCUT2D eigenvalue weighted by Gasteiger charge is 2.31. The Kier molecular flexibility index (Phi) is 5.08. The van der Waals surface area contributed by atoms with Crippen LogP contribution in [0.5, 0.6) is 0 Å². The second kappa shape index (κ2) is 6.64. The van der Waals surface area contributed by atoms with Gasteiger partial charge in [0.25, 0.3) is 0 Å². The Morgan fingerprint density at radius 3 is 2.57 bits per heavy atom. The first kappa shape index (κ1) is 16.1. The van der Waals surface area contributed by atoms with Crippen molar-refractivity contribution in [2.24, 2.45) is 11.3 Å². The Labute approximate surface area is 126 Å². The minimum Gasteiger partial charge on any atom is -0.481 e. The molecule has 21 heavy (non-hydrogen) atoms. The number of piperidine rings is 2. The van der Waals surface area contributed by atoms with Crippen molar-refractivity contribution in [3.05, 3.63) is 0 Å². The minimum absolute atomic E-state index is 0.110. The molecule has 2 saturated heterocycles. The molecule has 0 saturated carbocycles. The number of carboxylic acids is 1. The van der Waals surface area contributed by atoms with Crippen molar-refractivity contribution < 1.29 is 14.7 Å². The van der Waals surface area contributed by atoms with E-state index in [1.165, 1.54) is 0 Å². The van der Waals surface area contributed by atoms with Crippen LogP contribution in [0, 0.1) is 11.3 Å². The molecule has 2 aliphatic rings. The molecule has 0 unspecified atom stereocenters. The molecule has 0 radical (unpaired) electrons. The third-order valence-electron chi connectivity index (χ3n) is 4.92. The van der Waals surface area contributed by atoms with E-state index in [1.54, 1.807) is 4.90 Å². The van der Waals surface area contributed by atoms with Crippen molar-refractivity contribution in [1.82, 2.24) is 15.1 Å². The molecule has 2 aliphatic heterocycles. The van der Waals surface area contributed by atoms with Gasteiger partial charge in [-0.3, -0.25) is 4.79 Å². The number of rotatable bonds is 3. The first-order valence-corrected chi connectivity index (χ1v) is 7.84. The molecule has 0 bridgehead atoms. The van der Waals surface area contributed by atoms with Crippen molar-refractivity contribution >= 4 is 12.0 Å². The Morgan fingerprint density at radius 2 is 1.95 bits per heavy atom. The molecule has 6 nitrogen and oxygen atoms in total. The lowest BCUT2D eigenvalue weighted by Gasteiger charge is -2.39. The van der Waals surface area contributed by atoms with Crippen molar-refractivity contribution in [2.75, 3.05) is 39.8 Å². The van der Waals surface area contributed by atoms with E-state index in [0.29, 0.717) is 26.1 Å². The molecule has 0 aromatic heterocycles. The Morgan fingerprint density at radius 1 is 1.29 bits per heavy atom. The number of carbonyl (C=O) groups excluding carboxylic acids is 1. The lowest BCUT2D eigenvalue weighted by atomic mass is 9.80. The summed E-state index contributed by atoms with van der Waals surface area (Å²) in [4.78, 5) is 27.2. The van der Waals surface area contributed by atoms with Crippen LogP contribution in [-0.2, 0) is 4.79 Å². The van der Waals surface area contributed by atoms with E-state index in [-0.39, 0.29) is 11.4 Å². The Hall–Kier alpha value is -1.30. The summed E-state index contributed by atoms with van der Waals surface area (Å²) in [6.07, 6.45) is 3.61. The molecular weight excluding hydrogens is 270 g/mol. The number of urea groups is 1. The van der Waals surface area contributed by atoms with Gasteiger partial charge in [-0.05, 0) is 51.2 Å². The van der Waals surface area contributed by atoms with E-state index >= 15 is 0 Å². The highest BCUT2D eigenvalue weighted by Crippen LogP contribution is 2.29. The van der Waals surface area contributed by atoms with Crippen LogP contribution in [0.4, 0.5) is 4.79 Å². The number of hydrogen-bond donors (Lipinski definition) is 2. The van der Waals surface area contributed by atoms with Crippen molar-refractivity contribution in [2.45, 2.75) is 32.6 Å². The molecule has 2 rings (SSSR count). The molecule has 0 spiro atoms. The highest BCUT2D eigenvalue weighted by atomic mass is 16.4. The average Bonchev–Trinajstić information content (AvgIpc) is 2.48. The number of likely N-dealkylation sites (tertiary alicyclic amines) is 2. The van der Waals surface area contributed by atoms with Gasteiger partial charge in [0.1, 0.15) is 0 Å². The maximum absolute atomic E-state index is 12.2. The van der Waals surface area contributed by atoms with Gasteiger partial charge in [0.2, 0.25) is 0 Å². The molecule has 0 aliphatic carbocycles. The van der Waals surface area contributed by atoms with Crippen LogP contribution in [-0.4, -0.2) is 66.7 Å². The van der Waals surface area contributed by atoms with Crippen LogP contribution in [0.1, 0.15) is 32.6 Å². The number of aliphatic carboxylic acids is 1. The summed E-state index contributed by atoms with van der Waals surface area (Å²) in [6.45, 7) is 6.02. The number of carboxylic acid groups (broad SMARTS) is 1. The van der Waals surface area contributed by atoms with Crippen molar-refractivity contribution in [1.29, 1.82) is 0 Å². The highest BCUT2D eigenvalue weighted by molar-refractivity contribution is 5.76. The summed E-state index contributed by atoms with van der Waals surface area (Å²) in [5.41, 5.74) is 0.157. The zero-order valence-electron chi connectivity index (χ0n) is 13.1. The van der Waals surface area contributed by atoms with Gasteiger partial charge in [-0.15, -0.1) is 0 Å². The monoisotopic (exact) mass is 297 g/mol. The third kappa shape index (κ3) is 4.33. The van der Waals surface area contributed by atoms with Gasteiger partial charge < -0.3 is 20.2 Å². The SMILES string of the molecule is CN1CCC(C)(CNC(=O)N2CCC[C@H](C(=O)O)C2)CC1. The van der Waals surface area contributed by atoms with Gasteiger partial charge in [-0.25, -0.2) is 4.79 Å². The summed E-state index contributed by atoms with van der Waals surface area (Å²) < 4.78 is 0. The molecule has 120 valence electrons. The average molecular weight is 297 g/mol. The summed E-state index contributed by atoms with van der Waals surface area (Å²) in [7, 11) is 2.12. The van der Waals surface area contributed by atoms with E-state index in [1.807, 2.05) is 0 Å². The molecule has 0 aromatic carbocycles. The summed E-state index contributed by atoms with van der Waals surface area (Å²) >= 11 is 0. The second-order valence-corrected chi connectivity index (χ2v) is 6.90. The van der Waals surface area contributed by atoms with Crippen LogP contribution < -0.4 is 5.32 Å². The molecule has 2 N–H and O–H groups in total. The quantitative estimate of drug-likeness (QED) is 0.821. The van der Waals surface area contributed by atoms with Crippen LogP contribution in [0.25, 0.3) is 0 Å². The Bertz CT molecular complexity index is 392. The summed E-state index contributed by atoms with van der Waals surface area (Å²) in [5.74, 6) is -1.21. The predicted octanol–water partition coefficient (Wildman–Crippen LogP) is 1.22. The zero-order valence-corrected chi connectivity index (χ0v) is 13.1. The smallest absolute Gasteiger partial charge is 0.317 e. The first-order valence-electron chi connectivity index (χ1n) is 7.84. The van der Waals surface area contributed by atoms with Gasteiger partial charge in [0.15, 0.2) is 0 Å². The fourth-order valence-electron chi connectivity index (χ4n) is 3.10. The van der Waals surface area contributed by atoms with Gasteiger partial charge in [0.05, 0.1) is 5.92 Å². The van der Waals surface area contributed by atoms with E-state index in [4.69, 9.17) is 5.11 Å². The van der Waals surface area contributed by atoms with Gasteiger partial charge in [0, 0.05) is 19.6 Å². The molecule has 2 heterocycles. The molecule has 1 atom stereocenters. The van der Waals surface area contributed by atoms with E-state index in [9.17, 15) is 9.59 Å². The fraction of sp³-hybridized carbons (Fsp3) is 0.867. The molecule has 0 aromatic rings. The predicted molar refractivity (Wildman–Crippen MR) is 80.2 cm³/mol. The van der Waals surface area contributed by atoms with Crippen molar-refractivity contribution in [3.8, 4) is 0 Å². The topological polar surface area (TPSA) is 72.9 Å². The maximum Gasteiger partial charge on any atom is 0.317 e.